The van der Waals surface area contributed by atoms with E-state index in [2.05, 4.69) is 31.9 Å². The van der Waals surface area contributed by atoms with Crippen molar-refractivity contribution < 1.29 is 9.21 Å². The van der Waals surface area contributed by atoms with Crippen molar-refractivity contribution >= 4 is 38.1 Å². The first-order valence-electron chi connectivity index (χ1n) is 4.63. The summed E-state index contributed by atoms with van der Waals surface area (Å²) in [5.74, 6) is 1.01. The maximum Gasteiger partial charge on any atom is 0.185 e. The molecule has 2 aromatic rings. The molecule has 1 heterocycles. The number of rotatable bonds is 2. The van der Waals surface area contributed by atoms with Crippen LogP contribution in [0.15, 0.2) is 37.6 Å². The Morgan fingerprint density at radius 1 is 1.19 bits per heavy atom. The van der Waals surface area contributed by atoms with Gasteiger partial charge >= 0.3 is 0 Å². The van der Waals surface area contributed by atoms with Gasteiger partial charge in [-0.1, -0.05) is 31.9 Å². The number of halogens is 2. The third-order valence-electron chi connectivity index (χ3n) is 2.26. The molecule has 16 heavy (non-hydrogen) atoms. The van der Waals surface area contributed by atoms with Crippen LogP contribution in [0, 0.1) is 6.92 Å². The van der Waals surface area contributed by atoms with Crippen LogP contribution in [0.25, 0.3) is 11.3 Å². The molecule has 0 saturated heterocycles. The molecule has 0 bridgehead atoms. The van der Waals surface area contributed by atoms with Gasteiger partial charge in [0.2, 0.25) is 0 Å². The molecule has 1 aromatic carbocycles. The first-order chi connectivity index (χ1) is 7.61. The second-order valence-corrected chi connectivity index (χ2v) is 5.11. The molecular weight excluding hydrogens is 336 g/mol. The standard InChI is InChI=1S/C12H8Br2O2/c1-7-4-11(14)9(5-10(7)13)12-3-2-8(6-15)16-12/h2-6H,1H3. The minimum absolute atomic E-state index is 0.332. The molecule has 4 heteroatoms. The lowest BCUT2D eigenvalue weighted by molar-refractivity contribution is 0.110. The van der Waals surface area contributed by atoms with E-state index in [-0.39, 0.29) is 0 Å². The third kappa shape index (κ3) is 2.13. The normalized spacial score (nSPS) is 10.4. The van der Waals surface area contributed by atoms with E-state index in [0.717, 1.165) is 20.1 Å². The maximum atomic E-state index is 10.5. The molecule has 0 aliphatic rings. The Hall–Kier alpha value is -0.870. The van der Waals surface area contributed by atoms with Crippen molar-refractivity contribution in [1.82, 2.24) is 0 Å². The lowest BCUT2D eigenvalue weighted by Crippen LogP contribution is -1.82. The fourth-order valence-corrected chi connectivity index (χ4v) is 2.39. The largest absolute Gasteiger partial charge is 0.453 e. The van der Waals surface area contributed by atoms with Crippen LogP contribution < -0.4 is 0 Å². The third-order valence-corrected chi connectivity index (χ3v) is 3.77. The summed E-state index contributed by atoms with van der Waals surface area (Å²) in [5, 5.41) is 0. The summed E-state index contributed by atoms with van der Waals surface area (Å²) in [4.78, 5) is 10.5. The van der Waals surface area contributed by atoms with Crippen LogP contribution in [-0.4, -0.2) is 6.29 Å². The molecule has 82 valence electrons. The Morgan fingerprint density at radius 3 is 2.56 bits per heavy atom. The second-order valence-electron chi connectivity index (χ2n) is 3.40. The quantitative estimate of drug-likeness (QED) is 0.746. The van der Waals surface area contributed by atoms with Crippen molar-refractivity contribution in [3.63, 3.8) is 0 Å². The van der Waals surface area contributed by atoms with E-state index in [9.17, 15) is 4.79 Å². The molecule has 0 aliphatic heterocycles. The molecule has 0 unspecified atom stereocenters. The molecule has 0 saturated carbocycles. The smallest absolute Gasteiger partial charge is 0.185 e. The summed E-state index contributed by atoms with van der Waals surface area (Å²) in [7, 11) is 0. The number of carbonyl (C=O) groups excluding carboxylic acids is 1. The van der Waals surface area contributed by atoms with Crippen LogP contribution in [0.4, 0.5) is 0 Å². The van der Waals surface area contributed by atoms with Crippen molar-refractivity contribution in [3.8, 4) is 11.3 Å². The number of hydrogen-bond acceptors (Lipinski definition) is 2. The van der Waals surface area contributed by atoms with Crippen molar-refractivity contribution in [1.29, 1.82) is 0 Å². The van der Waals surface area contributed by atoms with Crippen molar-refractivity contribution in [2.45, 2.75) is 6.92 Å². The summed E-state index contributed by atoms with van der Waals surface area (Å²) in [6, 6.07) is 7.41. The Balaban J connectivity index is 2.55. The molecule has 0 N–H and O–H groups in total. The van der Waals surface area contributed by atoms with E-state index in [4.69, 9.17) is 4.42 Å². The van der Waals surface area contributed by atoms with E-state index in [1.165, 1.54) is 0 Å². The second kappa shape index (κ2) is 4.55. The van der Waals surface area contributed by atoms with Gasteiger partial charge in [0, 0.05) is 14.5 Å². The van der Waals surface area contributed by atoms with Crippen LogP contribution in [-0.2, 0) is 0 Å². The molecule has 0 radical (unpaired) electrons. The van der Waals surface area contributed by atoms with Gasteiger partial charge in [-0.2, -0.15) is 0 Å². The SMILES string of the molecule is Cc1cc(Br)c(-c2ccc(C=O)o2)cc1Br. The van der Waals surface area contributed by atoms with Gasteiger partial charge in [0.05, 0.1) is 0 Å². The number of hydrogen-bond donors (Lipinski definition) is 0. The predicted octanol–water partition coefficient (Wildman–Crippen LogP) is 4.59. The molecule has 0 atom stereocenters. The van der Waals surface area contributed by atoms with Crippen LogP contribution >= 0.6 is 31.9 Å². The molecule has 2 nitrogen and oxygen atoms in total. The highest BCUT2D eigenvalue weighted by Gasteiger charge is 2.10. The van der Waals surface area contributed by atoms with Gasteiger partial charge in [0.1, 0.15) is 5.76 Å². The average Bonchev–Trinajstić information content (AvgIpc) is 2.71. The molecule has 0 amide bonds. The van der Waals surface area contributed by atoms with E-state index in [0.29, 0.717) is 17.8 Å². The van der Waals surface area contributed by atoms with Crippen LogP contribution in [0.5, 0.6) is 0 Å². The highest BCUT2D eigenvalue weighted by molar-refractivity contribution is 9.11. The van der Waals surface area contributed by atoms with E-state index < -0.39 is 0 Å². The van der Waals surface area contributed by atoms with Crippen molar-refractivity contribution in [3.05, 3.63) is 44.5 Å². The van der Waals surface area contributed by atoms with Gasteiger partial charge in [-0.05, 0) is 36.8 Å². The number of carbonyl (C=O) groups is 1. The fourth-order valence-electron chi connectivity index (χ4n) is 1.40. The topological polar surface area (TPSA) is 30.2 Å². The number of aldehydes is 1. The summed E-state index contributed by atoms with van der Waals surface area (Å²) in [5.41, 5.74) is 2.06. The van der Waals surface area contributed by atoms with Crippen LogP contribution in [0.2, 0.25) is 0 Å². The fraction of sp³-hybridized carbons (Fsp3) is 0.0833. The van der Waals surface area contributed by atoms with Gasteiger partial charge in [-0.15, -0.1) is 0 Å². The molecule has 0 aliphatic carbocycles. The Morgan fingerprint density at radius 2 is 1.94 bits per heavy atom. The first-order valence-corrected chi connectivity index (χ1v) is 6.21. The summed E-state index contributed by atoms with van der Waals surface area (Å²) < 4.78 is 7.33. The van der Waals surface area contributed by atoms with Gasteiger partial charge in [-0.25, -0.2) is 0 Å². The lowest BCUT2D eigenvalue weighted by Gasteiger charge is -2.04. The number of furan rings is 1. The van der Waals surface area contributed by atoms with E-state index >= 15 is 0 Å². The Bertz CT molecular complexity index is 544. The van der Waals surface area contributed by atoms with E-state index in [1.54, 1.807) is 12.1 Å². The monoisotopic (exact) mass is 342 g/mol. The molecule has 0 fully saturated rings. The Kier molecular flexibility index (Phi) is 3.30. The minimum Gasteiger partial charge on any atom is -0.453 e. The van der Waals surface area contributed by atoms with Gasteiger partial charge in [0.15, 0.2) is 12.0 Å². The molecule has 2 rings (SSSR count). The molecule has 1 aromatic heterocycles. The summed E-state index contributed by atoms with van der Waals surface area (Å²) in [6.45, 7) is 2.01. The van der Waals surface area contributed by atoms with Gasteiger partial charge in [0.25, 0.3) is 0 Å². The van der Waals surface area contributed by atoms with Gasteiger partial charge < -0.3 is 4.42 Å². The van der Waals surface area contributed by atoms with Gasteiger partial charge in [-0.3, -0.25) is 4.79 Å². The molecule has 0 spiro atoms. The zero-order valence-electron chi connectivity index (χ0n) is 8.46. The lowest BCUT2D eigenvalue weighted by atomic mass is 10.1. The Labute approximate surface area is 110 Å². The zero-order valence-corrected chi connectivity index (χ0v) is 11.6. The number of aryl methyl sites for hydroxylation is 1. The minimum atomic E-state index is 0.332. The van der Waals surface area contributed by atoms with Crippen molar-refractivity contribution in [2.24, 2.45) is 0 Å². The number of benzene rings is 1. The van der Waals surface area contributed by atoms with Crippen LogP contribution in [0.3, 0.4) is 0 Å². The highest BCUT2D eigenvalue weighted by atomic mass is 79.9. The van der Waals surface area contributed by atoms with Crippen LogP contribution in [0.1, 0.15) is 16.1 Å². The molecular formula is C12H8Br2O2. The summed E-state index contributed by atoms with van der Waals surface area (Å²) in [6.07, 6.45) is 0.695. The first kappa shape index (κ1) is 11.6. The zero-order chi connectivity index (χ0) is 11.7. The predicted molar refractivity (Wildman–Crippen MR) is 69.7 cm³/mol. The average molecular weight is 344 g/mol. The van der Waals surface area contributed by atoms with Crippen molar-refractivity contribution in [2.75, 3.05) is 0 Å². The maximum absolute atomic E-state index is 10.5. The van der Waals surface area contributed by atoms with E-state index in [1.807, 2.05) is 19.1 Å². The highest BCUT2D eigenvalue weighted by Crippen LogP contribution is 2.33. The summed E-state index contributed by atoms with van der Waals surface area (Å²) >= 11 is 6.95.